The van der Waals surface area contributed by atoms with Crippen LogP contribution in [0.15, 0.2) is 47.0 Å². The molecule has 0 spiro atoms. The van der Waals surface area contributed by atoms with Gasteiger partial charge in [-0.3, -0.25) is 0 Å². The first kappa shape index (κ1) is 19.9. The number of hydrogen-bond donors (Lipinski definition) is 0. The minimum atomic E-state index is 0.128. The summed E-state index contributed by atoms with van der Waals surface area (Å²) in [5.41, 5.74) is 1.72. The van der Waals surface area contributed by atoms with Gasteiger partial charge in [0.2, 0.25) is 5.82 Å². The van der Waals surface area contributed by atoms with Crippen LogP contribution in [0.3, 0.4) is 0 Å². The van der Waals surface area contributed by atoms with Gasteiger partial charge in [0.1, 0.15) is 11.5 Å². The molecule has 1 aromatic heterocycles. The number of ether oxygens (including phenoxy) is 2. The first-order valence-electron chi connectivity index (χ1n) is 8.66. The Morgan fingerprint density at radius 1 is 1.11 bits per heavy atom. The van der Waals surface area contributed by atoms with Crippen LogP contribution in [0.4, 0.5) is 0 Å². The molecule has 1 heterocycles. The molecule has 0 fully saturated rings. The summed E-state index contributed by atoms with van der Waals surface area (Å²) in [4.78, 5) is 4.51. The Balaban J connectivity index is 1.74. The van der Waals surface area contributed by atoms with E-state index in [0.29, 0.717) is 24.2 Å². The first-order valence-corrected chi connectivity index (χ1v) is 10.3. The lowest BCUT2D eigenvalue weighted by molar-refractivity contribution is 0.240. The molecular formula is C20H20ClIN2O3. The van der Waals surface area contributed by atoms with Gasteiger partial charge in [-0.15, -0.1) is 11.6 Å². The van der Waals surface area contributed by atoms with Crippen molar-refractivity contribution >= 4 is 34.2 Å². The number of nitrogens with zero attached hydrogens (tertiary/aromatic N) is 2. The van der Waals surface area contributed by atoms with Crippen molar-refractivity contribution in [1.29, 1.82) is 0 Å². The molecule has 3 rings (SSSR count). The summed E-state index contributed by atoms with van der Waals surface area (Å²) in [6.07, 6.45) is 0.943. The Bertz CT molecular complexity index is 881. The summed E-state index contributed by atoms with van der Waals surface area (Å²) in [7, 11) is 0. The van der Waals surface area contributed by atoms with Gasteiger partial charge < -0.3 is 14.0 Å². The smallest absolute Gasteiger partial charge is 0.258 e. The molecule has 0 saturated heterocycles. The van der Waals surface area contributed by atoms with Gasteiger partial charge in [0, 0.05) is 17.0 Å². The van der Waals surface area contributed by atoms with Crippen LogP contribution in [0.2, 0.25) is 0 Å². The molecule has 5 nitrogen and oxygen atoms in total. The van der Waals surface area contributed by atoms with Crippen LogP contribution in [-0.4, -0.2) is 28.7 Å². The molecular weight excluding hydrogens is 479 g/mol. The molecule has 0 saturated carbocycles. The molecule has 0 aliphatic heterocycles. The molecule has 7 heteroatoms. The number of aromatic nitrogens is 2. The van der Waals surface area contributed by atoms with Gasteiger partial charge in [-0.2, -0.15) is 4.98 Å². The molecule has 0 atom stereocenters. The Morgan fingerprint density at radius 2 is 1.85 bits per heavy atom. The van der Waals surface area contributed by atoms with Gasteiger partial charge in [-0.05, 0) is 85.3 Å². The van der Waals surface area contributed by atoms with E-state index in [-0.39, 0.29) is 6.10 Å². The summed E-state index contributed by atoms with van der Waals surface area (Å²) in [5.74, 6) is 3.24. The molecule has 0 amide bonds. The van der Waals surface area contributed by atoms with E-state index in [9.17, 15) is 0 Å². The average molecular weight is 499 g/mol. The van der Waals surface area contributed by atoms with Crippen LogP contribution in [0.1, 0.15) is 20.3 Å². The van der Waals surface area contributed by atoms with Crippen LogP contribution in [0.5, 0.6) is 11.5 Å². The fourth-order valence-corrected chi connectivity index (χ4v) is 3.14. The second kappa shape index (κ2) is 9.41. The highest BCUT2D eigenvalue weighted by Gasteiger charge is 2.13. The Morgan fingerprint density at radius 3 is 2.52 bits per heavy atom. The van der Waals surface area contributed by atoms with E-state index in [1.165, 1.54) is 0 Å². The van der Waals surface area contributed by atoms with Gasteiger partial charge in [0.05, 0.1) is 16.3 Å². The minimum absolute atomic E-state index is 0.128. The highest BCUT2D eigenvalue weighted by molar-refractivity contribution is 14.1. The van der Waals surface area contributed by atoms with Crippen molar-refractivity contribution < 1.29 is 14.0 Å². The topological polar surface area (TPSA) is 57.4 Å². The van der Waals surface area contributed by atoms with Crippen LogP contribution in [0, 0.1) is 3.57 Å². The normalized spacial score (nSPS) is 11.0. The molecule has 0 aliphatic rings. The van der Waals surface area contributed by atoms with Crippen LogP contribution >= 0.6 is 34.2 Å². The van der Waals surface area contributed by atoms with Crippen molar-refractivity contribution in [2.45, 2.75) is 26.4 Å². The zero-order valence-corrected chi connectivity index (χ0v) is 18.0. The number of hydrogen-bond acceptors (Lipinski definition) is 5. The Hall–Kier alpha value is -1.80. The number of alkyl halides is 1. The molecule has 0 bridgehead atoms. The van der Waals surface area contributed by atoms with Gasteiger partial charge in [-0.25, -0.2) is 0 Å². The molecule has 0 unspecified atom stereocenters. The zero-order valence-electron chi connectivity index (χ0n) is 15.1. The Labute approximate surface area is 177 Å². The predicted molar refractivity (Wildman–Crippen MR) is 114 cm³/mol. The number of halogens is 2. The van der Waals surface area contributed by atoms with Crippen molar-refractivity contribution in [3.8, 4) is 34.3 Å². The maximum absolute atomic E-state index is 5.77. The third-order valence-corrected chi connectivity index (χ3v) is 4.74. The molecule has 142 valence electrons. The highest BCUT2D eigenvalue weighted by atomic mass is 127. The maximum atomic E-state index is 5.77. The van der Waals surface area contributed by atoms with E-state index in [0.717, 1.165) is 32.6 Å². The summed E-state index contributed by atoms with van der Waals surface area (Å²) < 4.78 is 17.8. The van der Waals surface area contributed by atoms with E-state index in [4.69, 9.17) is 25.6 Å². The molecule has 0 radical (unpaired) electrons. The number of rotatable bonds is 8. The summed E-state index contributed by atoms with van der Waals surface area (Å²) in [6.45, 7) is 4.61. The van der Waals surface area contributed by atoms with Crippen LogP contribution in [-0.2, 0) is 0 Å². The Kier molecular flexibility index (Phi) is 6.95. The fraction of sp³-hybridized carbons (Fsp3) is 0.300. The van der Waals surface area contributed by atoms with Crippen molar-refractivity contribution in [2.75, 3.05) is 12.5 Å². The lowest BCUT2D eigenvalue weighted by Gasteiger charge is -2.11. The van der Waals surface area contributed by atoms with Gasteiger partial charge >= 0.3 is 0 Å². The molecule has 3 aromatic rings. The van der Waals surface area contributed by atoms with E-state index >= 15 is 0 Å². The monoisotopic (exact) mass is 498 g/mol. The molecule has 0 aliphatic carbocycles. The zero-order chi connectivity index (χ0) is 19.2. The minimum Gasteiger partial charge on any atom is -0.494 e. The molecule has 0 N–H and O–H groups in total. The maximum Gasteiger partial charge on any atom is 0.258 e. The predicted octanol–water partition coefficient (Wildman–Crippen LogP) is 5.80. The number of benzene rings is 2. The van der Waals surface area contributed by atoms with E-state index in [1.54, 1.807) is 0 Å². The van der Waals surface area contributed by atoms with Crippen molar-refractivity contribution in [2.24, 2.45) is 0 Å². The van der Waals surface area contributed by atoms with Gasteiger partial charge in [0.25, 0.3) is 5.89 Å². The lowest BCUT2D eigenvalue weighted by atomic mass is 10.2. The van der Waals surface area contributed by atoms with E-state index < -0.39 is 0 Å². The van der Waals surface area contributed by atoms with Crippen molar-refractivity contribution in [3.05, 3.63) is 46.0 Å². The third kappa shape index (κ3) is 5.35. The first-order chi connectivity index (χ1) is 13.1. The van der Waals surface area contributed by atoms with Crippen molar-refractivity contribution in [3.63, 3.8) is 0 Å². The lowest BCUT2D eigenvalue weighted by Crippen LogP contribution is -2.06. The standard InChI is InChI=1S/C20H20ClIN2O3/c1-13(2)26-18-9-6-15(12-17(18)22)19-23-20(27-24-19)14-4-7-16(8-5-14)25-11-3-10-21/h4-9,12-13H,3,10-11H2,1-2H3. The van der Waals surface area contributed by atoms with E-state index in [1.807, 2.05) is 56.3 Å². The average Bonchev–Trinajstić information content (AvgIpc) is 3.14. The van der Waals surface area contributed by atoms with Crippen LogP contribution < -0.4 is 9.47 Å². The van der Waals surface area contributed by atoms with E-state index in [2.05, 4.69) is 32.7 Å². The second-order valence-electron chi connectivity index (χ2n) is 6.15. The largest absolute Gasteiger partial charge is 0.494 e. The second-order valence-corrected chi connectivity index (χ2v) is 7.69. The summed E-state index contributed by atoms with van der Waals surface area (Å²) >= 11 is 7.90. The summed E-state index contributed by atoms with van der Waals surface area (Å²) in [6, 6.07) is 13.4. The third-order valence-electron chi connectivity index (χ3n) is 3.63. The van der Waals surface area contributed by atoms with Gasteiger partial charge in [0.15, 0.2) is 0 Å². The quantitative estimate of drug-likeness (QED) is 0.223. The van der Waals surface area contributed by atoms with Crippen LogP contribution in [0.25, 0.3) is 22.8 Å². The van der Waals surface area contributed by atoms with Crippen molar-refractivity contribution in [1.82, 2.24) is 10.1 Å². The highest BCUT2D eigenvalue weighted by Crippen LogP contribution is 2.29. The SMILES string of the molecule is CC(C)Oc1ccc(-c2noc(-c3ccc(OCCCCl)cc3)n2)cc1I. The summed E-state index contributed by atoms with van der Waals surface area (Å²) in [5, 5.41) is 4.10. The fourth-order valence-electron chi connectivity index (χ4n) is 2.39. The molecule has 27 heavy (non-hydrogen) atoms. The van der Waals surface area contributed by atoms with Gasteiger partial charge in [-0.1, -0.05) is 5.16 Å². The molecule has 2 aromatic carbocycles.